The molecule has 0 bridgehead atoms. The number of hydrogen-bond donors (Lipinski definition) is 0. The van der Waals surface area contributed by atoms with Gasteiger partial charge in [-0.1, -0.05) is 12.1 Å². The fourth-order valence-electron chi connectivity index (χ4n) is 0.929. The zero-order valence-corrected chi connectivity index (χ0v) is 8.69. The molecule has 4 nitrogen and oxygen atoms in total. The average molecular weight is 288 g/mol. The highest BCUT2D eigenvalue weighted by atomic mass is 127. The maximum atomic E-state index is 10.5. The number of nitriles is 1. The van der Waals surface area contributed by atoms with Gasteiger partial charge in [0.1, 0.15) is 0 Å². The van der Waals surface area contributed by atoms with Crippen LogP contribution >= 0.6 is 22.6 Å². The summed E-state index contributed by atoms with van der Waals surface area (Å²) in [5, 5.41) is 18.9. The van der Waals surface area contributed by atoms with Crippen molar-refractivity contribution in [2.45, 2.75) is 6.42 Å². The standard InChI is InChI=1S/C8H5IN2O2/c9-8-6(4-5-10)2-1-3-7(8)11(12)13/h1-3H,4H2. The van der Waals surface area contributed by atoms with Crippen LogP contribution < -0.4 is 0 Å². The summed E-state index contributed by atoms with van der Waals surface area (Å²) in [6.45, 7) is 0. The minimum atomic E-state index is -0.442. The SMILES string of the molecule is N#CCc1cccc([N+](=O)[O-])c1I. The topological polar surface area (TPSA) is 66.9 Å². The second kappa shape index (κ2) is 4.18. The zero-order chi connectivity index (χ0) is 9.84. The molecule has 1 rings (SSSR count). The van der Waals surface area contributed by atoms with Gasteiger partial charge < -0.3 is 0 Å². The van der Waals surface area contributed by atoms with Crippen LogP contribution in [0.3, 0.4) is 0 Å². The lowest BCUT2D eigenvalue weighted by Crippen LogP contribution is -1.95. The van der Waals surface area contributed by atoms with Gasteiger partial charge in [-0.2, -0.15) is 5.26 Å². The first kappa shape index (κ1) is 9.92. The van der Waals surface area contributed by atoms with Crippen molar-refractivity contribution in [2.24, 2.45) is 0 Å². The molecule has 0 aromatic heterocycles. The number of nitro benzene ring substituents is 1. The largest absolute Gasteiger partial charge is 0.282 e. The molecule has 1 aromatic rings. The van der Waals surface area contributed by atoms with Gasteiger partial charge in [-0.05, 0) is 28.2 Å². The van der Waals surface area contributed by atoms with E-state index in [0.29, 0.717) is 9.13 Å². The molecule has 0 amide bonds. The molecule has 66 valence electrons. The van der Waals surface area contributed by atoms with Crippen molar-refractivity contribution >= 4 is 28.3 Å². The van der Waals surface area contributed by atoms with E-state index >= 15 is 0 Å². The lowest BCUT2D eigenvalue weighted by molar-refractivity contribution is -0.385. The summed E-state index contributed by atoms with van der Waals surface area (Å²) in [4.78, 5) is 10.1. The van der Waals surface area contributed by atoms with Crippen molar-refractivity contribution in [3.8, 4) is 6.07 Å². The molecule has 13 heavy (non-hydrogen) atoms. The van der Waals surface area contributed by atoms with E-state index in [0.717, 1.165) is 0 Å². The number of rotatable bonds is 2. The molecule has 0 aliphatic rings. The quantitative estimate of drug-likeness (QED) is 0.476. The molecule has 0 aliphatic heterocycles. The third-order valence-corrected chi connectivity index (χ3v) is 2.77. The highest BCUT2D eigenvalue weighted by molar-refractivity contribution is 14.1. The van der Waals surface area contributed by atoms with Gasteiger partial charge in [-0.25, -0.2) is 0 Å². The fourth-order valence-corrected chi connectivity index (χ4v) is 1.68. The lowest BCUT2D eigenvalue weighted by Gasteiger charge is -1.99. The van der Waals surface area contributed by atoms with Crippen LogP contribution in [0.25, 0.3) is 0 Å². The Morgan fingerprint density at radius 3 is 2.85 bits per heavy atom. The van der Waals surface area contributed by atoms with Crippen LogP contribution in [-0.2, 0) is 6.42 Å². The van der Waals surface area contributed by atoms with Gasteiger partial charge in [-0.15, -0.1) is 0 Å². The van der Waals surface area contributed by atoms with E-state index in [1.165, 1.54) is 6.07 Å². The molecule has 1 aromatic carbocycles. The molecule has 5 heteroatoms. The van der Waals surface area contributed by atoms with Crippen molar-refractivity contribution in [1.82, 2.24) is 0 Å². The molecule has 0 saturated carbocycles. The molecule has 0 aliphatic carbocycles. The number of halogens is 1. The Morgan fingerprint density at radius 2 is 2.31 bits per heavy atom. The summed E-state index contributed by atoms with van der Waals surface area (Å²) in [5.41, 5.74) is 0.769. The Balaban J connectivity index is 3.20. The van der Waals surface area contributed by atoms with Gasteiger partial charge in [0, 0.05) is 6.07 Å². The van der Waals surface area contributed by atoms with E-state index in [-0.39, 0.29) is 12.1 Å². The maximum Gasteiger partial charge on any atom is 0.282 e. The van der Waals surface area contributed by atoms with Crippen molar-refractivity contribution < 1.29 is 4.92 Å². The van der Waals surface area contributed by atoms with E-state index in [4.69, 9.17) is 5.26 Å². The van der Waals surface area contributed by atoms with Crippen LogP contribution in [0.15, 0.2) is 18.2 Å². The average Bonchev–Trinajstić information content (AvgIpc) is 2.08. The van der Waals surface area contributed by atoms with Gasteiger partial charge in [-0.3, -0.25) is 10.1 Å². The Hall–Kier alpha value is -1.16. The lowest BCUT2D eigenvalue weighted by atomic mass is 10.1. The second-order valence-corrected chi connectivity index (χ2v) is 3.42. The number of benzene rings is 1. The molecule has 0 radical (unpaired) electrons. The van der Waals surface area contributed by atoms with Crippen LogP contribution in [0.4, 0.5) is 5.69 Å². The highest BCUT2D eigenvalue weighted by Gasteiger charge is 2.13. The third kappa shape index (κ3) is 2.15. The van der Waals surface area contributed by atoms with Crippen LogP contribution in [0.2, 0.25) is 0 Å². The van der Waals surface area contributed by atoms with Crippen LogP contribution in [0.5, 0.6) is 0 Å². The van der Waals surface area contributed by atoms with E-state index in [1.54, 1.807) is 12.1 Å². The van der Waals surface area contributed by atoms with E-state index < -0.39 is 4.92 Å². The number of hydrogen-bond acceptors (Lipinski definition) is 3. The smallest absolute Gasteiger partial charge is 0.258 e. The van der Waals surface area contributed by atoms with E-state index in [2.05, 4.69) is 0 Å². The van der Waals surface area contributed by atoms with Crippen molar-refractivity contribution in [3.63, 3.8) is 0 Å². The zero-order valence-electron chi connectivity index (χ0n) is 6.53. The summed E-state index contributed by atoms with van der Waals surface area (Å²) >= 11 is 1.89. The molecule has 0 atom stereocenters. The van der Waals surface area contributed by atoms with Crippen molar-refractivity contribution in [1.29, 1.82) is 5.26 Å². The second-order valence-electron chi connectivity index (χ2n) is 2.34. The molecule has 0 N–H and O–H groups in total. The minimum absolute atomic E-state index is 0.0633. The molecule has 0 saturated heterocycles. The Bertz CT molecular complexity index is 384. The molecule has 0 spiro atoms. The fraction of sp³-hybridized carbons (Fsp3) is 0.125. The first-order valence-corrected chi connectivity index (χ1v) is 4.53. The monoisotopic (exact) mass is 288 g/mol. The Kier molecular flexibility index (Phi) is 3.19. The van der Waals surface area contributed by atoms with E-state index in [1.807, 2.05) is 28.7 Å². The van der Waals surface area contributed by atoms with Crippen LogP contribution in [0, 0.1) is 25.0 Å². The molecule has 0 fully saturated rings. The predicted molar refractivity (Wildman–Crippen MR) is 55.1 cm³/mol. The van der Waals surface area contributed by atoms with Gasteiger partial charge in [0.15, 0.2) is 0 Å². The van der Waals surface area contributed by atoms with Crippen LogP contribution in [0.1, 0.15) is 5.56 Å². The Labute approximate surface area is 88.5 Å². The van der Waals surface area contributed by atoms with Gasteiger partial charge in [0.25, 0.3) is 5.69 Å². The predicted octanol–water partition coefficient (Wildman–Crippen LogP) is 2.27. The summed E-state index contributed by atoms with van der Waals surface area (Å²) in [7, 11) is 0. The summed E-state index contributed by atoms with van der Waals surface area (Å²) < 4.78 is 0.548. The first-order chi connectivity index (χ1) is 6.16. The van der Waals surface area contributed by atoms with Crippen molar-refractivity contribution in [3.05, 3.63) is 37.4 Å². The molecule has 0 unspecified atom stereocenters. The highest BCUT2D eigenvalue weighted by Crippen LogP contribution is 2.24. The third-order valence-electron chi connectivity index (χ3n) is 1.52. The minimum Gasteiger partial charge on any atom is -0.258 e. The Morgan fingerprint density at radius 1 is 1.62 bits per heavy atom. The number of nitro groups is 1. The molecule has 0 heterocycles. The van der Waals surface area contributed by atoms with Crippen LogP contribution in [-0.4, -0.2) is 4.92 Å². The number of nitrogens with zero attached hydrogens (tertiary/aromatic N) is 2. The van der Waals surface area contributed by atoms with Crippen molar-refractivity contribution in [2.75, 3.05) is 0 Å². The molecular weight excluding hydrogens is 283 g/mol. The first-order valence-electron chi connectivity index (χ1n) is 3.45. The van der Waals surface area contributed by atoms with Gasteiger partial charge in [0.05, 0.1) is 21.0 Å². The summed E-state index contributed by atoms with van der Waals surface area (Å²) in [5.74, 6) is 0. The van der Waals surface area contributed by atoms with Gasteiger partial charge in [0.2, 0.25) is 0 Å². The molecular formula is C8H5IN2O2. The normalized spacial score (nSPS) is 9.23. The maximum absolute atomic E-state index is 10.5. The summed E-state index contributed by atoms with van der Waals surface area (Å²) in [6, 6.07) is 6.71. The van der Waals surface area contributed by atoms with Gasteiger partial charge >= 0.3 is 0 Å². The van der Waals surface area contributed by atoms with E-state index in [9.17, 15) is 10.1 Å². The summed E-state index contributed by atoms with van der Waals surface area (Å²) in [6.07, 6.45) is 0.208.